The van der Waals surface area contributed by atoms with Gasteiger partial charge in [0.2, 0.25) is 0 Å². The van der Waals surface area contributed by atoms with E-state index < -0.39 is 0 Å². The summed E-state index contributed by atoms with van der Waals surface area (Å²) in [5.41, 5.74) is 5.38. The van der Waals surface area contributed by atoms with Gasteiger partial charge in [0.05, 0.1) is 0 Å². The number of rotatable bonds is 12. The molecule has 0 unspecified atom stereocenters. The van der Waals surface area contributed by atoms with Crippen LogP contribution in [0.3, 0.4) is 0 Å². The third-order valence-electron chi connectivity index (χ3n) is 4.87. The molecule has 0 fully saturated rings. The summed E-state index contributed by atoms with van der Waals surface area (Å²) in [4.78, 5) is 2.28. The fourth-order valence-electron chi connectivity index (χ4n) is 3.22. The first-order valence-corrected chi connectivity index (χ1v) is 12.0. The van der Waals surface area contributed by atoms with Crippen molar-refractivity contribution >= 4 is 15.0 Å². The SMILES string of the molecule is Cc1ccc(-c2ccc(CCCCCCCCCC[Se]C#N)cc2)cc1. The van der Waals surface area contributed by atoms with Gasteiger partial charge < -0.3 is 0 Å². The van der Waals surface area contributed by atoms with E-state index in [-0.39, 0.29) is 15.0 Å². The molecule has 0 saturated carbocycles. The molecule has 0 aliphatic carbocycles. The Kier molecular flexibility index (Phi) is 10.2. The van der Waals surface area contributed by atoms with Gasteiger partial charge in [-0.05, 0) is 18.1 Å². The molecule has 2 aromatic carbocycles. The van der Waals surface area contributed by atoms with Crippen LogP contribution in [0.1, 0.15) is 62.5 Å². The number of nitrogens with zero attached hydrogens (tertiary/aromatic N) is 1. The molecule has 0 spiro atoms. The van der Waals surface area contributed by atoms with Crippen LogP contribution in [0.5, 0.6) is 0 Å². The molecule has 0 radical (unpaired) electrons. The Morgan fingerprint density at radius 1 is 0.692 bits per heavy atom. The van der Waals surface area contributed by atoms with Crippen molar-refractivity contribution in [3.63, 3.8) is 0 Å². The first kappa shape index (κ1) is 20.8. The predicted octanol–water partition coefficient (Wildman–Crippen LogP) is 6.93. The van der Waals surface area contributed by atoms with Crippen molar-refractivity contribution in [2.24, 2.45) is 0 Å². The van der Waals surface area contributed by atoms with Gasteiger partial charge in [-0.15, -0.1) is 0 Å². The number of hydrogen-bond donors (Lipinski definition) is 0. The van der Waals surface area contributed by atoms with E-state index in [2.05, 4.69) is 60.4 Å². The monoisotopic (exact) mass is 413 g/mol. The Labute approximate surface area is 166 Å². The number of hydrogen-bond acceptors (Lipinski definition) is 1. The van der Waals surface area contributed by atoms with Gasteiger partial charge in [-0.1, -0.05) is 42.0 Å². The van der Waals surface area contributed by atoms with Crippen LogP contribution in [0.25, 0.3) is 11.1 Å². The maximum atomic E-state index is 8.52. The van der Waals surface area contributed by atoms with Crippen molar-refractivity contribution < 1.29 is 0 Å². The van der Waals surface area contributed by atoms with Gasteiger partial charge in [-0.3, -0.25) is 0 Å². The van der Waals surface area contributed by atoms with Gasteiger partial charge >= 0.3 is 106 Å². The fraction of sp³-hybridized carbons (Fsp3) is 0.458. The zero-order chi connectivity index (χ0) is 18.5. The summed E-state index contributed by atoms with van der Waals surface area (Å²) < 4.78 is 0. The zero-order valence-corrected chi connectivity index (χ0v) is 17.8. The van der Waals surface area contributed by atoms with Crippen LogP contribution in [0.4, 0.5) is 0 Å². The van der Waals surface area contributed by atoms with Crippen LogP contribution >= 0.6 is 0 Å². The summed E-state index contributed by atoms with van der Waals surface area (Å²) in [7, 11) is 0. The fourth-order valence-corrected chi connectivity index (χ4v) is 4.14. The molecule has 2 aromatic rings. The van der Waals surface area contributed by atoms with Gasteiger partial charge in [0.15, 0.2) is 0 Å². The Morgan fingerprint density at radius 2 is 1.19 bits per heavy atom. The van der Waals surface area contributed by atoms with Crippen molar-refractivity contribution in [2.45, 2.75) is 70.0 Å². The average molecular weight is 412 g/mol. The number of unbranched alkanes of at least 4 members (excludes halogenated alkanes) is 7. The zero-order valence-electron chi connectivity index (χ0n) is 16.0. The normalized spacial score (nSPS) is 10.6. The molecule has 26 heavy (non-hydrogen) atoms. The number of aryl methyl sites for hydroxylation is 2. The van der Waals surface area contributed by atoms with Crippen molar-refractivity contribution in [2.75, 3.05) is 0 Å². The predicted molar refractivity (Wildman–Crippen MR) is 113 cm³/mol. The Hall–Kier alpha value is -1.55. The summed E-state index contributed by atoms with van der Waals surface area (Å²) in [5.74, 6) is 0. The second-order valence-corrected chi connectivity index (χ2v) is 8.93. The van der Waals surface area contributed by atoms with E-state index in [4.69, 9.17) is 5.26 Å². The second-order valence-electron chi connectivity index (χ2n) is 7.08. The van der Waals surface area contributed by atoms with Crippen LogP contribution < -0.4 is 0 Å². The first-order chi connectivity index (χ1) is 12.8. The average Bonchev–Trinajstić information content (AvgIpc) is 2.67. The van der Waals surface area contributed by atoms with Crippen LogP contribution in [0.2, 0.25) is 5.32 Å². The second kappa shape index (κ2) is 12.7. The first-order valence-electron chi connectivity index (χ1n) is 9.96. The van der Waals surface area contributed by atoms with Gasteiger partial charge in [0, 0.05) is 0 Å². The Balaban J connectivity index is 1.55. The molecule has 0 aromatic heterocycles. The molecule has 0 saturated heterocycles. The summed E-state index contributed by atoms with van der Waals surface area (Å²) in [5, 5.41) is 9.67. The van der Waals surface area contributed by atoms with Crippen LogP contribution in [0.15, 0.2) is 48.5 Å². The molecule has 0 amide bonds. The maximum absolute atomic E-state index is 8.52. The molecular weight excluding hydrogens is 381 g/mol. The van der Waals surface area contributed by atoms with Gasteiger partial charge in [-0.25, -0.2) is 0 Å². The molecule has 1 nitrogen and oxygen atoms in total. The van der Waals surface area contributed by atoms with E-state index >= 15 is 0 Å². The van der Waals surface area contributed by atoms with Crippen LogP contribution in [-0.2, 0) is 6.42 Å². The van der Waals surface area contributed by atoms with E-state index in [1.165, 1.54) is 80.0 Å². The molecule has 0 bridgehead atoms. The quantitative estimate of drug-likeness (QED) is 0.274. The van der Waals surface area contributed by atoms with Crippen molar-refractivity contribution in [1.82, 2.24) is 0 Å². The number of nitriles is 1. The van der Waals surface area contributed by atoms with E-state index in [1.807, 2.05) is 0 Å². The summed E-state index contributed by atoms with van der Waals surface area (Å²) >= 11 is 0.234. The molecule has 2 rings (SSSR count). The standard InChI is InChI=1S/C24H31NSe/c1-21-11-15-23(16-12-21)24-17-13-22(14-18-24)10-8-6-4-2-3-5-7-9-19-26-20-25/h11-18H,2-10,19H2,1H3. The summed E-state index contributed by atoms with van der Waals surface area (Å²) in [6.45, 7) is 2.13. The smallest absolute Gasteiger partial charge is 0.0587 e. The Bertz CT molecular complexity index is 652. The third kappa shape index (κ3) is 8.22. The third-order valence-corrected chi connectivity index (χ3v) is 6.17. The Morgan fingerprint density at radius 3 is 1.77 bits per heavy atom. The summed E-state index contributed by atoms with van der Waals surface area (Å²) in [6.07, 6.45) is 11.9. The van der Waals surface area contributed by atoms with Crippen molar-refractivity contribution in [3.05, 3.63) is 59.7 Å². The minimum Gasteiger partial charge on any atom is -0.0587 e. The van der Waals surface area contributed by atoms with E-state index in [0.29, 0.717) is 0 Å². The molecule has 0 heterocycles. The van der Waals surface area contributed by atoms with Gasteiger partial charge in [-0.2, -0.15) is 0 Å². The topological polar surface area (TPSA) is 23.8 Å². The van der Waals surface area contributed by atoms with E-state index in [9.17, 15) is 0 Å². The van der Waals surface area contributed by atoms with Crippen molar-refractivity contribution in [1.29, 1.82) is 5.26 Å². The molecule has 0 aliphatic heterocycles. The summed E-state index contributed by atoms with van der Waals surface area (Å²) in [6, 6.07) is 17.9. The van der Waals surface area contributed by atoms with E-state index in [0.717, 1.165) is 5.32 Å². The molecular formula is C24H31NSe. The minimum atomic E-state index is 0.234. The van der Waals surface area contributed by atoms with E-state index in [1.54, 1.807) is 0 Å². The molecule has 2 heteroatoms. The van der Waals surface area contributed by atoms with Crippen LogP contribution in [-0.4, -0.2) is 15.0 Å². The van der Waals surface area contributed by atoms with Gasteiger partial charge in [0.1, 0.15) is 0 Å². The van der Waals surface area contributed by atoms with Crippen LogP contribution in [0, 0.1) is 17.2 Å². The van der Waals surface area contributed by atoms with Crippen molar-refractivity contribution in [3.8, 4) is 16.1 Å². The molecule has 138 valence electrons. The van der Waals surface area contributed by atoms with Gasteiger partial charge in [0.25, 0.3) is 0 Å². The minimum absolute atomic E-state index is 0.234. The molecule has 0 N–H and O–H groups in total. The molecule has 0 atom stereocenters. The number of benzene rings is 2. The molecule has 0 aliphatic rings.